The molecule has 0 fully saturated rings. The average Bonchev–Trinajstić information content (AvgIpc) is 3.81. The third kappa shape index (κ3) is 5.56. The molecule has 1 aromatic heterocycles. The van der Waals surface area contributed by atoms with Crippen molar-refractivity contribution in [2.75, 3.05) is 4.90 Å². The lowest BCUT2D eigenvalue weighted by Gasteiger charge is -2.27. The molecule has 0 unspecified atom stereocenters. The molecule has 0 amide bonds. The van der Waals surface area contributed by atoms with Crippen molar-refractivity contribution in [2.45, 2.75) is 19.3 Å². The van der Waals surface area contributed by atoms with Crippen molar-refractivity contribution in [3.8, 4) is 44.5 Å². The molecule has 0 saturated carbocycles. The Hall–Kier alpha value is -7.68. The topological polar surface area (TPSA) is 16.4 Å². The van der Waals surface area contributed by atoms with Crippen LogP contribution in [-0.4, -0.2) is 0 Å². The molecule has 0 atom stereocenters. The van der Waals surface area contributed by atoms with Gasteiger partial charge < -0.3 is 9.32 Å². The van der Waals surface area contributed by atoms with Crippen LogP contribution in [0.25, 0.3) is 88.0 Å². The Morgan fingerprint density at radius 1 is 0.377 bits per heavy atom. The molecule has 1 aliphatic rings. The summed E-state index contributed by atoms with van der Waals surface area (Å²) in [4.78, 5) is 2.42. The van der Waals surface area contributed by atoms with Crippen LogP contribution in [0.3, 0.4) is 0 Å². The molecule has 288 valence electrons. The van der Waals surface area contributed by atoms with Gasteiger partial charge in [-0.25, -0.2) is 0 Å². The van der Waals surface area contributed by atoms with Crippen LogP contribution in [0.1, 0.15) is 25.0 Å². The monoisotopic (exact) mass is 779 g/mol. The summed E-state index contributed by atoms with van der Waals surface area (Å²) in [7, 11) is 0. The smallest absolute Gasteiger partial charge is 0.145 e. The van der Waals surface area contributed by atoms with E-state index in [4.69, 9.17) is 4.42 Å². The van der Waals surface area contributed by atoms with Gasteiger partial charge in [-0.3, -0.25) is 0 Å². The molecule has 0 bridgehead atoms. The molecule has 61 heavy (non-hydrogen) atoms. The van der Waals surface area contributed by atoms with Crippen molar-refractivity contribution in [3.05, 3.63) is 223 Å². The molecule has 2 nitrogen and oxygen atoms in total. The summed E-state index contributed by atoms with van der Waals surface area (Å²) in [6.45, 7) is 4.66. The van der Waals surface area contributed by atoms with Gasteiger partial charge in [-0.05, 0) is 126 Å². The summed E-state index contributed by atoms with van der Waals surface area (Å²) in [5.74, 6) is 0. The summed E-state index contributed by atoms with van der Waals surface area (Å²) in [6, 6.07) is 77.3. The van der Waals surface area contributed by atoms with E-state index in [0.29, 0.717) is 0 Å². The highest BCUT2D eigenvalue weighted by atomic mass is 16.3. The van der Waals surface area contributed by atoms with E-state index >= 15 is 0 Å². The van der Waals surface area contributed by atoms with Crippen molar-refractivity contribution in [1.82, 2.24) is 0 Å². The van der Waals surface area contributed by atoms with Gasteiger partial charge in [0.1, 0.15) is 11.2 Å². The Kier molecular flexibility index (Phi) is 7.92. The molecular formula is C59H41NO. The Morgan fingerprint density at radius 3 is 1.84 bits per heavy atom. The van der Waals surface area contributed by atoms with Crippen LogP contribution in [0.5, 0.6) is 0 Å². The van der Waals surface area contributed by atoms with Crippen molar-refractivity contribution >= 4 is 60.5 Å². The van der Waals surface area contributed by atoms with E-state index in [1.165, 1.54) is 60.5 Å². The maximum Gasteiger partial charge on any atom is 0.145 e. The fraction of sp³-hybridized carbons (Fsp3) is 0.0508. The first kappa shape index (κ1) is 35.3. The Morgan fingerprint density at radius 2 is 1.03 bits per heavy atom. The zero-order chi connectivity index (χ0) is 40.7. The quantitative estimate of drug-likeness (QED) is 0.156. The predicted molar refractivity (Wildman–Crippen MR) is 257 cm³/mol. The molecule has 2 heteroatoms. The lowest BCUT2D eigenvalue weighted by atomic mass is 9.82. The molecule has 0 spiro atoms. The number of hydrogen-bond donors (Lipinski definition) is 0. The van der Waals surface area contributed by atoms with Gasteiger partial charge in [0.05, 0.1) is 11.1 Å². The Labute approximate surface area is 355 Å². The predicted octanol–water partition coefficient (Wildman–Crippen LogP) is 16.7. The summed E-state index contributed by atoms with van der Waals surface area (Å²) in [6.07, 6.45) is 0. The zero-order valence-corrected chi connectivity index (χ0v) is 34.1. The number of benzene rings is 10. The molecule has 1 heterocycles. The standard InChI is InChI=1S/C59H41NO/c1-59(2)53-27-14-13-26-49(53)51-36-52-56(37-54(51)59)61-58-46(39-18-7-4-8-19-39)32-33-55(57(52)58)60(44-22-15-21-41(34-44)38-16-5-3-6-17-38)43-30-28-40(29-31-43)50-35-42-20-9-10-23-45(42)47-24-11-12-25-48(47)50/h3-37H,1-2H3. The second-order valence-corrected chi connectivity index (χ2v) is 16.9. The lowest BCUT2D eigenvalue weighted by molar-refractivity contribution is 0.648. The molecule has 12 rings (SSSR count). The maximum atomic E-state index is 7.14. The van der Waals surface area contributed by atoms with Crippen molar-refractivity contribution < 1.29 is 4.42 Å². The normalized spacial score (nSPS) is 12.9. The van der Waals surface area contributed by atoms with E-state index in [-0.39, 0.29) is 5.41 Å². The second kappa shape index (κ2) is 13.7. The molecule has 0 saturated heterocycles. The van der Waals surface area contributed by atoms with Crippen LogP contribution in [0.4, 0.5) is 17.1 Å². The van der Waals surface area contributed by atoms with Gasteiger partial charge in [0.15, 0.2) is 0 Å². The molecule has 10 aromatic carbocycles. The Balaban J connectivity index is 1.12. The summed E-state index contributed by atoms with van der Waals surface area (Å²) >= 11 is 0. The highest BCUT2D eigenvalue weighted by Crippen LogP contribution is 2.53. The van der Waals surface area contributed by atoms with Gasteiger partial charge in [-0.1, -0.05) is 172 Å². The third-order valence-corrected chi connectivity index (χ3v) is 13.0. The maximum absolute atomic E-state index is 7.14. The van der Waals surface area contributed by atoms with Crippen LogP contribution in [0.2, 0.25) is 0 Å². The zero-order valence-electron chi connectivity index (χ0n) is 34.1. The van der Waals surface area contributed by atoms with E-state index in [9.17, 15) is 0 Å². The fourth-order valence-electron chi connectivity index (χ4n) is 10.1. The van der Waals surface area contributed by atoms with E-state index in [2.05, 4.69) is 231 Å². The number of rotatable bonds is 6. The number of anilines is 3. The number of fused-ring (bicyclic) bond motifs is 9. The molecule has 1 aliphatic carbocycles. The first-order valence-corrected chi connectivity index (χ1v) is 21.2. The van der Waals surface area contributed by atoms with Crippen LogP contribution < -0.4 is 4.90 Å². The summed E-state index contributed by atoms with van der Waals surface area (Å²) in [5.41, 5.74) is 17.0. The van der Waals surface area contributed by atoms with Crippen LogP contribution >= 0.6 is 0 Å². The first-order chi connectivity index (χ1) is 30.0. The van der Waals surface area contributed by atoms with Gasteiger partial charge in [0, 0.05) is 27.7 Å². The minimum Gasteiger partial charge on any atom is -0.455 e. The van der Waals surface area contributed by atoms with Gasteiger partial charge in [-0.2, -0.15) is 0 Å². The number of furan rings is 1. The average molecular weight is 780 g/mol. The van der Waals surface area contributed by atoms with Crippen molar-refractivity contribution in [2.24, 2.45) is 0 Å². The highest BCUT2D eigenvalue weighted by molar-refractivity contribution is 6.19. The minimum absolute atomic E-state index is 0.147. The van der Waals surface area contributed by atoms with Crippen molar-refractivity contribution in [1.29, 1.82) is 0 Å². The van der Waals surface area contributed by atoms with E-state index in [1.807, 2.05) is 0 Å². The SMILES string of the molecule is CC1(C)c2ccccc2-c2cc3c(cc21)oc1c(-c2ccccc2)ccc(N(c2ccc(-c4cc5ccccc5c5ccccc45)cc2)c2cccc(-c4ccccc4)c2)c13. The van der Waals surface area contributed by atoms with E-state index < -0.39 is 0 Å². The van der Waals surface area contributed by atoms with Crippen molar-refractivity contribution in [3.63, 3.8) is 0 Å². The van der Waals surface area contributed by atoms with Gasteiger partial charge >= 0.3 is 0 Å². The third-order valence-electron chi connectivity index (χ3n) is 13.0. The molecule has 0 N–H and O–H groups in total. The van der Waals surface area contributed by atoms with Crippen LogP contribution in [0.15, 0.2) is 217 Å². The fourth-order valence-corrected chi connectivity index (χ4v) is 10.1. The minimum atomic E-state index is -0.147. The van der Waals surface area contributed by atoms with Gasteiger partial charge in [0.25, 0.3) is 0 Å². The summed E-state index contributed by atoms with van der Waals surface area (Å²) in [5, 5.41) is 7.24. The molecule has 0 radical (unpaired) electrons. The first-order valence-electron chi connectivity index (χ1n) is 21.2. The Bertz CT molecular complexity index is 3490. The summed E-state index contributed by atoms with van der Waals surface area (Å²) < 4.78 is 7.14. The molecular weight excluding hydrogens is 739 g/mol. The van der Waals surface area contributed by atoms with Gasteiger partial charge in [0.2, 0.25) is 0 Å². The van der Waals surface area contributed by atoms with Gasteiger partial charge in [-0.15, -0.1) is 0 Å². The largest absolute Gasteiger partial charge is 0.455 e. The lowest BCUT2D eigenvalue weighted by Crippen LogP contribution is -2.14. The van der Waals surface area contributed by atoms with Crippen LogP contribution in [-0.2, 0) is 5.41 Å². The highest BCUT2D eigenvalue weighted by Gasteiger charge is 2.36. The number of nitrogens with zero attached hydrogens (tertiary/aromatic N) is 1. The molecule has 0 aliphatic heterocycles. The van der Waals surface area contributed by atoms with E-state index in [0.717, 1.165) is 55.7 Å². The number of hydrogen-bond acceptors (Lipinski definition) is 2. The second-order valence-electron chi connectivity index (χ2n) is 16.9. The van der Waals surface area contributed by atoms with E-state index in [1.54, 1.807) is 0 Å². The van der Waals surface area contributed by atoms with Crippen LogP contribution in [0, 0.1) is 0 Å². The molecule has 11 aromatic rings.